The summed E-state index contributed by atoms with van der Waals surface area (Å²) < 4.78 is 0. The lowest BCUT2D eigenvalue weighted by molar-refractivity contribution is 0.208. The number of nitrogens with zero attached hydrogens (tertiary/aromatic N) is 4. The van der Waals surface area contributed by atoms with Crippen LogP contribution in [0, 0.1) is 27.7 Å². The van der Waals surface area contributed by atoms with E-state index in [-0.39, 0.29) is 6.03 Å². The number of amides is 2. The van der Waals surface area contributed by atoms with Crippen LogP contribution in [-0.2, 0) is 0 Å². The Kier molecular flexibility index (Phi) is 5.89. The number of benzene rings is 2. The van der Waals surface area contributed by atoms with Crippen molar-refractivity contribution in [1.29, 1.82) is 0 Å². The van der Waals surface area contributed by atoms with Crippen molar-refractivity contribution in [2.24, 2.45) is 0 Å². The maximum Gasteiger partial charge on any atom is 0.321 e. The van der Waals surface area contributed by atoms with Crippen LogP contribution >= 0.6 is 0 Å². The quantitative estimate of drug-likeness (QED) is 0.672. The summed E-state index contributed by atoms with van der Waals surface area (Å²) in [4.78, 5) is 26.4. The Morgan fingerprint density at radius 3 is 2.26 bits per heavy atom. The van der Waals surface area contributed by atoms with Crippen LogP contribution in [0.25, 0.3) is 11.4 Å². The number of nitrogens with one attached hydrogen (secondary N) is 1. The van der Waals surface area contributed by atoms with Gasteiger partial charge in [0.1, 0.15) is 5.82 Å². The third-order valence-corrected chi connectivity index (χ3v) is 5.81. The third kappa shape index (κ3) is 4.68. The van der Waals surface area contributed by atoms with Crippen molar-refractivity contribution in [1.82, 2.24) is 14.9 Å². The molecule has 0 bridgehead atoms. The van der Waals surface area contributed by atoms with Gasteiger partial charge in [0.15, 0.2) is 5.82 Å². The molecule has 31 heavy (non-hydrogen) atoms. The minimum Gasteiger partial charge on any atom is -0.353 e. The second-order valence-corrected chi connectivity index (χ2v) is 8.22. The zero-order chi connectivity index (χ0) is 22.0. The van der Waals surface area contributed by atoms with Crippen molar-refractivity contribution >= 4 is 17.5 Å². The van der Waals surface area contributed by atoms with Crippen LogP contribution < -0.4 is 10.2 Å². The molecule has 1 saturated heterocycles. The molecule has 2 amide bonds. The van der Waals surface area contributed by atoms with Crippen LogP contribution in [-0.4, -0.2) is 47.1 Å². The van der Waals surface area contributed by atoms with Crippen LogP contribution in [0.15, 0.2) is 48.5 Å². The Labute approximate surface area is 183 Å². The van der Waals surface area contributed by atoms with Crippen molar-refractivity contribution in [2.75, 3.05) is 36.4 Å². The molecule has 2 aromatic carbocycles. The van der Waals surface area contributed by atoms with Crippen molar-refractivity contribution in [2.45, 2.75) is 27.7 Å². The van der Waals surface area contributed by atoms with Crippen molar-refractivity contribution in [3.8, 4) is 11.4 Å². The number of rotatable bonds is 3. The topological polar surface area (TPSA) is 61.4 Å². The van der Waals surface area contributed by atoms with Gasteiger partial charge in [-0.1, -0.05) is 41.5 Å². The van der Waals surface area contributed by atoms with Gasteiger partial charge in [-0.15, -0.1) is 0 Å². The van der Waals surface area contributed by atoms with E-state index in [2.05, 4.69) is 36.2 Å². The fourth-order valence-corrected chi connectivity index (χ4v) is 3.80. The third-order valence-electron chi connectivity index (χ3n) is 5.81. The normalized spacial score (nSPS) is 13.9. The molecule has 6 heteroatoms. The number of hydrogen-bond acceptors (Lipinski definition) is 4. The second kappa shape index (κ2) is 8.76. The maximum atomic E-state index is 12.7. The molecule has 0 unspecified atom stereocenters. The number of piperazine rings is 1. The van der Waals surface area contributed by atoms with Crippen LogP contribution in [0.4, 0.5) is 16.3 Å². The van der Waals surface area contributed by atoms with Gasteiger partial charge in [0.2, 0.25) is 0 Å². The van der Waals surface area contributed by atoms with Gasteiger partial charge in [-0.3, -0.25) is 0 Å². The molecule has 160 valence electrons. The highest BCUT2D eigenvalue weighted by atomic mass is 16.2. The lowest BCUT2D eigenvalue weighted by Crippen LogP contribution is -2.50. The molecule has 0 spiro atoms. The summed E-state index contributed by atoms with van der Waals surface area (Å²) >= 11 is 0. The fourth-order valence-electron chi connectivity index (χ4n) is 3.80. The molecule has 4 rings (SSSR count). The summed E-state index contributed by atoms with van der Waals surface area (Å²) in [5.41, 5.74) is 6.29. The molecule has 0 saturated carbocycles. The summed E-state index contributed by atoms with van der Waals surface area (Å²) in [5.74, 6) is 1.71. The van der Waals surface area contributed by atoms with Gasteiger partial charge in [-0.25, -0.2) is 14.8 Å². The fraction of sp³-hybridized carbons (Fsp3) is 0.320. The van der Waals surface area contributed by atoms with Crippen LogP contribution in [0.3, 0.4) is 0 Å². The smallest absolute Gasteiger partial charge is 0.321 e. The first-order valence-electron chi connectivity index (χ1n) is 10.7. The van der Waals surface area contributed by atoms with E-state index in [9.17, 15) is 4.79 Å². The first-order valence-corrected chi connectivity index (χ1v) is 10.7. The Morgan fingerprint density at radius 1 is 0.871 bits per heavy atom. The highest BCUT2D eigenvalue weighted by molar-refractivity contribution is 5.89. The first-order chi connectivity index (χ1) is 14.9. The number of carbonyl (C=O) groups is 1. The first kappa shape index (κ1) is 20.8. The number of aromatic nitrogens is 2. The van der Waals surface area contributed by atoms with Crippen LogP contribution in [0.1, 0.15) is 22.4 Å². The summed E-state index contributed by atoms with van der Waals surface area (Å²) in [7, 11) is 0. The molecule has 1 aliphatic rings. The van der Waals surface area contributed by atoms with Crippen molar-refractivity contribution in [3.05, 3.63) is 70.9 Å². The Hall–Kier alpha value is -3.41. The van der Waals surface area contributed by atoms with Gasteiger partial charge in [-0.05, 0) is 45.9 Å². The maximum absolute atomic E-state index is 12.7. The lowest BCUT2D eigenvalue weighted by Gasteiger charge is -2.36. The molecule has 0 atom stereocenters. The van der Waals surface area contributed by atoms with Gasteiger partial charge in [0.05, 0.1) is 0 Å². The molecule has 1 aliphatic heterocycles. The zero-order valence-electron chi connectivity index (χ0n) is 18.6. The van der Waals surface area contributed by atoms with Gasteiger partial charge in [0, 0.05) is 48.7 Å². The summed E-state index contributed by atoms with van der Waals surface area (Å²) in [6, 6.07) is 16.1. The Bertz CT molecular complexity index is 1090. The largest absolute Gasteiger partial charge is 0.353 e. The van der Waals surface area contributed by atoms with E-state index in [0.717, 1.165) is 47.2 Å². The number of aryl methyl sites for hydroxylation is 3. The predicted molar refractivity (Wildman–Crippen MR) is 126 cm³/mol. The standard InChI is InChI=1S/C25H29N5O/c1-17-8-10-22(11-9-17)27-25(31)30-14-12-29(13-15-30)24-19(3)20(4)26-23(28-24)21-7-5-6-18(2)16-21/h5-11,16H,12-15H2,1-4H3,(H,27,31). The van der Waals surface area contributed by atoms with E-state index < -0.39 is 0 Å². The number of urea groups is 1. The summed E-state index contributed by atoms with van der Waals surface area (Å²) in [6.07, 6.45) is 0. The minimum atomic E-state index is -0.0560. The highest BCUT2D eigenvalue weighted by Gasteiger charge is 2.24. The second-order valence-electron chi connectivity index (χ2n) is 8.22. The molecule has 3 aromatic rings. The van der Waals surface area contributed by atoms with E-state index in [4.69, 9.17) is 9.97 Å². The molecular formula is C25H29N5O. The molecule has 6 nitrogen and oxygen atoms in total. The Balaban J connectivity index is 1.47. The molecule has 1 fully saturated rings. The Morgan fingerprint density at radius 2 is 1.58 bits per heavy atom. The van der Waals surface area contributed by atoms with E-state index in [1.165, 1.54) is 11.1 Å². The molecule has 1 aromatic heterocycles. The SMILES string of the molecule is Cc1ccc(NC(=O)N2CCN(c3nc(-c4cccc(C)c4)nc(C)c3C)CC2)cc1. The molecule has 2 heterocycles. The van der Waals surface area contributed by atoms with Gasteiger partial charge < -0.3 is 15.1 Å². The highest BCUT2D eigenvalue weighted by Crippen LogP contribution is 2.26. The average molecular weight is 416 g/mol. The molecule has 1 N–H and O–H groups in total. The van der Waals surface area contributed by atoms with Crippen molar-refractivity contribution < 1.29 is 4.79 Å². The van der Waals surface area contributed by atoms with Crippen molar-refractivity contribution in [3.63, 3.8) is 0 Å². The molecule has 0 aliphatic carbocycles. The monoisotopic (exact) mass is 415 g/mol. The van der Waals surface area contributed by atoms with Crippen LogP contribution in [0.2, 0.25) is 0 Å². The average Bonchev–Trinajstić information content (AvgIpc) is 2.77. The van der Waals surface area contributed by atoms with Crippen LogP contribution in [0.5, 0.6) is 0 Å². The van der Waals surface area contributed by atoms with Gasteiger partial charge in [0.25, 0.3) is 0 Å². The summed E-state index contributed by atoms with van der Waals surface area (Å²) in [5, 5.41) is 2.99. The van der Waals surface area contributed by atoms with E-state index in [0.29, 0.717) is 13.1 Å². The van der Waals surface area contributed by atoms with Gasteiger partial charge in [-0.2, -0.15) is 0 Å². The zero-order valence-corrected chi connectivity index (χ0v) is 18.6. The molecule has 0 radical (unpaired) electrons. The number of hydrogen-bond donors (Lipinski definition) is 1. The van der Waals surface area contributed by atoms with Gasteiger partial charge >= 0.3 is 6.03 Å². The predicted octanol–water partition coefficient (Wildman–Crippen LogP) is 4.73. The summed E-state index contributed by atoms with van der Waals surface area (Å²) in [6.45, 7) is 11.0. The minimum absolute atomic E-state index is 0.0560. The molecular weight excluding hydrogens is 386 g/mol. The number of carbonyl (C=O) groups excluding carboxylic acids is 1. The van der Waals surface area contributed by atoms with E-state index in [1.54, 1.807) is 0 Å². The van der Waals surface area contributed by atoms with E-state index in [1.807, 2.05) is 55.1 Å². The number of anilines is 2. The van der Waals surface area contributed by atoms with E-state index >= 15 is 0 Å². The lowest BCUT2D eigenvalue weighted by atomic mass is 10.1.